The van der Waals surface area contributed by atoms with Crippen LogP contribution in [0.25, 0.3) is 0 Å². The van der Waals surface area contributed by atoms with Crippen LogP contribution in [0.5, 0.6) is 5.75 Å². The first-order chi connectivity index (χ1) is 9.65. The van der Waals surface area contributed by atoms with Gasteiger partial charge in [-0.1, -0.05) is 18.9 Å². The van der Waals surface area contributed by atoms with Crippen LogP contribution in [-0.2, 0) is 11.2 Å². The Hall–Kier alpha value is -1.84. The van der Waals surface area contributed by atoms with Gasteiger partial charge in [0.2, 0.25) is 0 Å². The Morgan fingerprint density at radius 2 is 2.10 bits per heavy atom. The second-order valence-electron chi connectivity index (χ2n) is 5.73. The molecular weight excluding hydrogens is 256 g/mol. The molecule has 20 heavy (non-hydrogen) atoms. The lowest BCUT2D eigenvalue weighted by Gasteiger charge is -2.27. The number of carboxylic acid groups (broad SMARTS) is 1. The maximum atomic E-state index is 12.6. The number of Topliss-reactive ketones (excluding diaryl/α,β-unsaturated/α-hetero) is 1. The number of hydrogen-bond donors (Lipinski definition) is 1. The Balaban J connectivity index is 1.92. The minimum atomic E-state index is -0.876. The van der Waals surface area contributed by atoms with Gasteiger partial charge in [0.05, 0.1) is 18.6 Å². The van der Waals surface area contributed by atoms with Crippen molar-refractivity contribution in [2.45, 2.75) is 32.1 Å². The van der Waals surface area contributed by atoms with Crippen molar-refractivity contribution in [2.75, 3.05) is 6.61 Å². The van der Waals surface area contributed by atoms with E-state index < -0.39 is 5.97 Å². The van der Waals surface area contributed by atoms with E-state index in [1.165, 1.54) is 6.42 Å². The van der Waals surface area contributed by atoms with Crippen LogP contribution in [0.2, 0.25) is 0 Å². The van der Waals surface area contributed by atoms with Gasteiger partial charge in [-0.25, -0.2) is 0 Å². The van der Waals surface area contributed by atoms with Crippen LogP contribution in [0, 0.1) is 11.8 Å². The monoisotopic (exact) mass is 274 g/mol. The number of hydrogen-bond acceptors (Lipinski definition) is 3. The van der Waals surface area contributed by atoms with Gasteiger partial charge in [-0.3, -0.25) is 9.59 Å². The maximum absolute atomic E-state index is 12.6. The fourth-order valence-electron chi connectivity index (χ4n) is 3.32. The average Bonchev–Trinajstić information content (AvgIpc) is 2.57. The van der Waals surface area contributed by atoms with E-state index in [9.17, 15) is 9.59 Å². The molecule has 0 bridgehead atoms. The first-order valence-corrected chi connectivity index (χ1v) is 7.17. The standard InChI is InChI=1S/C16H18O4/c17-15(18)8-10-5-6-13-14(7-10)20-9-11-3-1-2-4-12(11)16(13)19/h5-7,11-12H,1-4,8-9H2,(H,17,18)/t11-,12+/m1/s1. The van der Waals surface area contributed by atoms with E-state index in [-0.39, 0.29) is 18.1 Å². The molecule has 4 nitrogen and oxygen atoms in total. The van der Waals surface area contributed by atoms with Crippen LogP contribution in [-0.4, -0.2) is 23.5 Å². The minimum Gasteiger partial charge on any atom is -0.493 e. The summed E-state index contributed by atoms with van der Waals surface area (Å²) in [6.07, 6.45) is 4.23. The third kappa shape index (κ3) is 2.42. The number of carboxylic acids is 1. The molecule has 0 amide bonds. The average molecular weight is 274 g/mol. The molecule has 0 spiro atoms. The van der Waals surface area contributed by atoms with Gasteiger partial charge >= 0.3 is 5.97 Å². The number of aliphatic carboxylic acids is 1. The van der Waals surface area contributed by atoms with E-state index in [2.05, 4.69) is 0 Å². The molecule has 0 aromatic heterocycles. The van der Waals surface area contributed by atoms with Crippen molar-refractivity contribution < 1.29 is 19.4 Å². The Morgan fingerprint density at radius 1 is 1.30 bits per heavy atom. The highest BCUT2D eigenvalue weighted by atomic mass is 16.5. The predicted molar refractivity (Wildman–Crippen MR) is 73.1 cm³/mol. The summed E-state index contributed by atoms with van der Waals surface area (Å²) in [6, 6.07) is 5.16. The summed E-state index contributed by atoms with van der Waals surface area (Å²) in [4.78, 5) is 23.4. The predicted octanol–water partition coefficient (Wildman–Crippen LogP) is 2.70. The van der Waals surface area contributed by atoms with Gasteiger partial charge < -0.3 is 9.84 Å². The van der Waals surface area contributed by atoms with Gasteiger partial charge in [-0.15, -0.1) is 0 Å². The zero-order valence-electron chi connectivity index (χ0n) is 11.3. The van der Waals surface area contributed by atoms with Crippen LogP contribution in [0.1, 0.15) is 41.6 Å². The van der Waals surface area contributed by atoms with Crippen LogP contribution in [0.4, 0.5) is 0 Å². The third-order valence-corrected chi connectivity index (χ3v) is 4.37. The molecule has 1 saturated carbocycles. The molecule has 1 heterocycles. The molecule has 1 N–H and O–H groups in total. The second-order valence-corrected chi connectivity index (χ2v) is 5.73. The molecule has 3 rings (SSSR count). The van der Waals surface area contributed by atoms with Crippen molar-refractivity contribution in [1.29, 1.82) is 0 Å². The van der Waals surface area contributed by atoms with Crippen molar-refractivity contribution in [2.24, 2.45) is 11.8 Å². The molecule has 1 aromatic carbocycles. The first-order valence-electron chi connectivity index (χ1n) is 7.17. The summed E-state index contributed by atoms with van der Waals surface area (Å²) in [5.74, 6) is 0.243. The Kier molecular flexibility index (Phi) is 3.47. The SMILES string of the molecule is O=C(O)Cc1ccc2c(c1)OC[C@H]1CCCC[C@@H]1C2=O. The van der Waals surface area contributed by atoms with Gasteiger partial charge in [-0.05, 0) is 30.5 Å². The molecule has 0 saturated heterocycles. The highest BCUT2D eigenvalue weighted by molar-refractivity contribution is 6.01. The van der Waals surface area contributed by atoms with Gasteiger partial charge in [0, 0.05) is 11.8 Å². The van der Waals surface area contributed by atoms with E-state index in [0.717, 1.165) is 19.3 Å². The Bertz CT molecular complexity index is 549. The smallest absolute Gasteiger partial charge is 0.307 e. The number of rotatable bonds is 2. The van der Waals surface area contributed by atoms with Crippen LogP contribution in [0.15, 0.2) is 18.2 Å². The summed E-state index contributed by atoms with van der Waals surface area (Å²) in [5, 5.41) is 8.84. The van der Waals surface area contributed by atoms with Gasteiger partial charge in [0.25, 0.3) is 0 Å². The first kappa shape index (κ1) is 13.2. The third-order valence-electron chi connectivity index (χ3n) is 4.37. The molecule has 0 radical (unpaired) electrons. The molecule has 1 aliphatic carbocycles. The Labute approximate surface area is 117 Å². The lowest BCUT2D eigenvalue weighted by atomic mass is 9.76. The number of carbonyl (C=O) groups is 2. The van der Waals surface area contributed by atoms with E-state index in [1.807, 2.05) is 0 Å². The zero-order chi connectivity index (χ0) is 14.1. The zero-order valence-corrected chi connectivity index (χ0v) is 11.3. The summed E-state index contributed by atoms with van der Waals surface area (Å²) < 4.78 is 5.80. The molecule has 4 heteroatoms. The maximum Gasteiger partial charge on any atom is 0.307 e. The molecule has 1 fully saturated rings. The van der Waals surface area contributed by atoms with Crippen LogP contribution >= 0.6 is 0 Å². The summed E-state index contributed by atoms with van der Waals surface area (Å²) in [7, 11) is 0. The molecule has 2 aliphatic rings. The second kappa shape index (κ2) is 5.27. The summed E-state index contributed by atoms with van der Waals surface area (Å²) in [6.45, 7) is 0.569. The normalized spacial score (nSPS) is 25.1. The Morgan fingerprint density at radius 3 is 2.90 bits per heavy atom. The van der Waals surface area contributed by atoms with Gasteiger partial charge in [0.15, 0.2) is 5.78 Å². The summed E-state index contributed by atoms with van der Waals surface area (Å²) in [5.41, 5.74) is 1.29. The number of carbonyl (C=O) groups excluding carboxylic acids is 1. The number of ether oxygens (including phenoxy) is 1. The van der Waals surface area contributed by atoms with Gasteiger partial charge in [0.1, 0.15) is 5.75 Å². The fraction of sp³-hybridized carbons (Fsp3) is 0.500. The molecule has 1 aromatic rings. The van der Waals surface area contributed by atoms with E-state index in [1.54, 1.807) is 18.2 Å². The topological polar surface area (TPSA) is 63.6 Å². The van der Waals surface area contributed by atoms with Crippen LogP contribution in [0.3, 0.4) is 0 Å². The number of fused-ring (bicyclic) bond motifs is 2. The number of ketones is 1. The van der Waals surface area contributed by atoms with Crippen molar-refractivity contribution in [3.05, 3.63) is 29.3 Å². The quantitative estimate of drug-likeness (QED) is 0.900. The van der Waals surface area contributed by atoms with Crippen molar-refractivity contribution >= 4 is 11.8 Å². The van der Waals surface area contributed by atoms with Gasteiger partial charge in [-0.2, -0.15) is 0 Å². The minimum absolute atomic E-state index is 0.0440. The van der Waals surface area contributed by atoms with E-state index in [4.69, 9.17) is 9.84 Å². The highest BCUT2D eigenvalue weighted by Crippen LogP contribution is 2.38. The summed E-state index contributed by atoms with van der Waals surface area (Å²) >= 11 is 0. The molecule has 1 aliphatic heterocycles. The lowest BCUT2D eigenvalue weighted by molar-refractivity contribution is -0.136. The van der Waals surface area contributed by atoms with E-state index >= 15 is 0 Å². The van der Waals surface area contributed by atoms with Crippen molar-refractivity contribution in [3.8, 4) is 5.75 Å². The number of benzene rings is 1. The largest absolute Gasteiger partial charge is 0.493 e. The molecule has 0 unspecified atom stereocenters. The molecular formula is C16H18O4. The highest BCUT2D eigenvalue weighted by Gasteiger charge is 2.35. The molecule has 106 valence electrons. The van der Waals surface area contributed by atoms with E-state index in [0.29, 0.717) is 29.4 Å². The van der Waals surface area contributed by atoms with Crippen LogP contribution < -0.4 is 4.74 Å². The lowest BCUT2D eigenvalue weighted by Crippen LogP contribution is -2.28. The molecule has 2 atom stereocenters. The van der Waals surface area contributed by atoms with Crippen molar-refractivity contribution in [3.63, 3.8) is 0 Å². The van der Waals surface area contributed by atoms with Crippen molar-refractivity contribution in [1.82, 2.24) is 0 Å². The fourth-order valence-corrected chi connectivity index (χ4v) is 3.32.